The second-order valence-corrected chi connectivity index (χ2v) is 5.53. The van der Waals surface area contributed by atoms with Crippen molar-refractivity contribution in [3.05, 3.63) is 46.5 Å². The Balaban J connectivity index is 2.24. The maximum absolute atomic E-state index is 13.1. The molecule has 11 heteroatoms. The molecule has 0 saturated heterocycles. The van der Waals surface area contributed by atoms with E-state index in [1.54, 1.807) is 6.19 Å². The van der Waals surface area contributed by atoms with Crippen LogP contribution in [0.2, 0.25) is 0 Å². The normalized spacial score (nSPS) is 15.6. The molecule has 0 fully saturated rings. The number of nitrogen functional groups attached to an aromatic ring is 2. The summed E-state index contributed by atoms with van der Waals surface area (Å²) in [5, 5.41) is 23.0. The molecule has 1 aromatic carbocycles. The van der Waals surface area contributed by atoms with E-state index in [1.807, 2.05) is 6.07 Å². The molecule has 6 N–H and O–H groups in total. The van der Waals surface area contributed by atoms with Crippen molar-refractivity contribution in [2.75, 3.05) is 16.8 Å². The van der Waals surface area contributed by atoms with E-state index in [0.717, 1.165) is 12.1 Å². The van der Waals surface area contributed by atoms with E-state index in [4.69, 9.17) is 16.7 Å². The maximum Gasteiger partial charge on any atom is 0.416 e. The highest BCUT2D eigenvalue weighted by Gasteiger charge is 2.33. The van der Waals surface area contributed by atoms with Gasteiger partial charge in [-0.3, -0.25) is 5.32 Å². The van der Waals surface area contributed by atoms with E-state index >= 15 is 0 Å². The van der Waals surface area contributed by atoms with E-state index < -0.39 is 17.8 Å². The molecule has 0 radical (unpaired) electrons. The zero-order valence-electron chi connectivity index (χ0n) is 13.5. The van der Waals surface area contributed by atoms with E-state index in [-0.39, 0.29) is 40.0 Å². The molecule has 3 rings (SSSR count). The molecule has 0 saturated carbocycles. The van der Waals surface area contributed by atoms with Gasteiger partial charge in [0.25, 0.3) is 0 Å². The van der Waals surface area contributed by atoms with Crippen LogP contribution < -0.4 is 22.1 Å². The number of hydrogen-bond donors (Lipinski definition) is 4. The van der Waals surface area contributed by atoms with E-state index in [9.17, 15) is 18.4 Å². The average Bonchev–Trinajstić information content (AvgIpc) is 2.61. The smallest absolute Gasteiger partial charge is 0.397 e. The first-order chi connectivity index (χ1) is 12.8. The Labute approximate surface area is 150 Å². The third-order valence-electron chi connectivity index (χ3n) is 3.89. The lowest BCUT2D eigenvalue weighted by molar-refractivity contribution is -0.137. The summed E-state index contributed by atoms with van der Waals surface area (Å²) in [7, 11) is 0. The largest absolute Gasteiger partial charge is 0.416 e. The predicted molar refractivity (Wildman–Crippen MR) is 90.9 cm³/mol. The number of aliphatic imine (C=N–C) groups is 1. The zero-order chi connectivity index (χ0) is 19.8. The lowest BCUT2D eigenvalue weighted by Crippen LogP contribution is -2.32. The monoisotopic (exact) mass is 372 g/mol. The predicted octanol–water partition coefficient (Wildman–Crippen LogP) is 2.08. The summed E-state index contributed by atoms with van der Waals surface area (Å²) in [5.74, 6) is -0.0927. The molecule has 2 aromatic rings. The quantitative estimate of drug-likeness (QED) is 0.442. The van der Waals surface area contributed by atoms with E-state index in [1.165, 1.54) is 12.1 Å². The van der Waals surface area contributed by atoms with E-state index in [0.29, 0.717) is 0 Å². The van der Waals surface area contributed by atoms with Crippen LogP contribution in [0.15, 0.2) is 29.3 Å². The Kier molecular flexibility index (Phi) is 4.21. The third kappa shape index (κ3) is 3.14. The van der Waals surface area contributed by atoms with Crippen LogP contribution in [0.5, 0.6) is 0 Å². The van der Waals surface area contributed by atoms with Crippen LogP contribution >= 0.6 is 0 Å². The fraction of sp³-hybridized carbons (Fsp3) is 0.125. The van der Waals surface area contributed by atoms with Crippen LogP contribution in [0.3, 0.4) is 0 Å². The van der Waals surface area contributed by atoms with Gasteiger partial charge in [-0.1, -0.05) is 12.1 Å². The minimum Gasteiger partial charge on any atom is -0.397 e. The second kappa shape index (κ2) is 6.38. The minimum atomic E-state index is -4.55. The summed E-state index contributed by atoms with van der Waals surface area (Å²) in [6.45, 7) is 0. The van der Waals surface area contributed by atoms with E-state index in [2.05, 4.69) is 20.6 Å². The summed E-state index contributed by atoms with van der Waals surface area (Å²) < 4.78 is 39.2. The number of hydrogen-bond acceptors (Lipinski definition) is 8. The molecular weight excluding hydrogens is 361 g/mol. The number of pyridine rings is 1. The molecule has 1 aliphatic rings. The van der Waals surface area contributed by atoms with Gasteiger partial charge in [0, 0.05) is 5.56 Å². The van der Waals surface area contributed by atoms with Crippen molar-refractivity contribution in [1.82, 2.24) is 10.3 Å². The molecule has 1 unspecified atom stereocenters. The van der Waals surface area contributed by atoms with Gasteiger partial charge in [0.15, 0.2) is 6.19 Å². The summed E-state index contributed by atoms with van der Waals surface area (Å²) in [6, 6.07) is 5.31. The molecule has 1 atom stereocenters. The van der Waals surface area contributed by atoms with Crippen LogP contribution in [-0.4, -0.2) is 10.9 Å². The average molecular weight is 372 g/mol. The number of benzene rings is 1. The molecule has 0 aliphatic carbocycles. The molecule has 1 aliphatic heterocycles. The van der Waals surface area contributed by atoms with Gasteiger partial charge >= 0.3 is 6.18 Å². The van der Waals surface area contributed by atoms with Gasteiger partial charge in [0.05, 0.1) is 11.3 Å². The van der Waals surface area contributed by atoms with Gasteiger partial charge in [0.1, 0.15) is 29.3 Å². The number of guanidine groups is 1. The van der Waals surface area contributed by atoms with Crippen LogP contribution in [-0.2, 0) is 6.18 Å². The number of nitriles is 2. The van der Waals surface area contributed by atoms with Crippen LogP contribution in [0.4, 0.5) is 30.5 Å². The van der Waals surface area contributed by atoms with Crippen molar-refractivity contribution in [2.24, 2.45) is 4.99 Å². The third-order valence-corrected chi connectivity index (χ3v) is 3.89. The summed E-state index contributed by atoms with van der Waals surface area (Å²) in [6.07, 6.45) is -2.89. The molecular formula is C16H11F3N8. The molecule has 8 nitrogen and oxygen atoms in total. The number of fused-ring (bicyclic) bond motifs is 1. The molecule has 27 heavy (non-hydrogen) atoms. The highest BCUT2D eigenvalue weighted by atomic mass is 19.4. The standard InChI is InChI=1S/C16H11F3N8/c17-16(18,19)8-3-1-2-7(4-8)12-10-11(22)9(5-20)13(23)26-14(10)27-15(25-12)24-6-21/h1-4,12H,(H6,22,23,24,25,26,27). The second-order valence-electron chi connectivity index (χ2n) is 5.53. The van der Waals surface area contributed by atoms with Gasteiger partial charge in [-0.15, -0.1) is 0 Å². The van der Waals surface area contributed by atoms with Gasteiger partial charge in [-0.25, -0.2) is 9.98 Å². The van der Waals surface area contributed by atoms with Crippen molar-refractivity contribution in [2.45, 2.75) is 12.2 Å². The Morgan fingerprint density at radius 2 is 1.96 bits per heavy atom. The lowest BCUT2D eigenvalue weighted by Gasteiger charge is -2.26. The topological polar surface area (TPSA) is 149 Å². The van der Waals surface area contributed by atoms with Crippen LogP contribution in [0.1, 0.15) is 28.3 Å². The Bertz CT molecular complexity index is 1030. The first-order valence-electron chi connectivity index (χ1n) is 7.42. The van der Waals surface area contributed by atoms with Gasteiger partial charge in [-0.2, -0.15) is 23.7 Å². The number of halogens is 3. The molecule has 1 aromatic heterocycles. The fourth-order valence-electron chi connectivity index (χ4n) is 2.71. The van der Waals surface area contributed by atoms with Crippen molar-refractivity contribution in [1.29, 1.82) is 10.5 Å². The summed E-state index contributed by atoms with van der Waals surface area (Å²) >= 11 is 0. The Hall–Kier alpha value is -3.99. The number of aromatic nitrogens is 1. The van der Waals surface area contributed by atoms with Crippen LogP contribution in [0, 0.1) is 22.8 Å². The number of alkyl halides is 3. The van der Waals surface area contributed by atoms with Gasteiger partial charge in [-0.05, 0) is 17.7 Å². The Morgan fingerprint density at radius 3 is 2.59 bits per heavy atom. The zero-order valence-corrected chi connectivity index (χ0v) is 13.5. The van der Waals surface area contributed by atoms with Crippen molar-refractivity contribution in [3.63, 3.8) is 0 Å². The van der Waals surface area contributed by atoms with Gasteiger partial charge in [0.2, 0.25) is 5.96 Å². The maximum atomic E-state index is 13.1. The number of rotatable bonds is 1. The summed E-state index contributed by atoms with van der Waals surface area (Å²) in [5.41, 5.74) is 11.1. The number of nitrogens with two attached hydrogens (primary N) is 2. The van der Waals surface area contributed by atoms with Crippen molar-refractivity contribution >= 4 is 23.3 Å². The number of nitrogens with zero attached hydrogens (tertiary/aromatic N) is 4. The number of nitrogens with one attached hydrogen (secondary N) is 2. The summed E-state index contributed by atoms with van der Waals surface area (Å²) in [4.78, 5) is 8.24. The molecule has 0 bridgehead atoms. The molecule has 136 valence electrons. The minimum absolute atomic E-state index is 0.0385. The lowest BCUT2D eigenvalue weighted by atomic mass is 9.94. The van der Waals surface area contributed by atoms with Gasteiger partial charge < -0.3 is 16.8 Å². The number of anilines is 3. The SMILES string of the molecule is N#CNC1=NC(c2cccc(C(F)(F)F)c2)c2c(nc(N)c(C#N)c2N)N1. The molecule has 2 heterocycles. The Morgan fingerprint density at radius 1 is 1.22 bits per heavy atom. The highest BCUT2D eigenvalue weighted by molar-refractivity contribution is 5.98. The fourth-order valence-corrected chi connectivity index (χ4v) is 2.71. The van der Waals surface area contributed by atoms with Crippen molar-refractivity contribution < 1.29 is 13.2 Å². The highest BCUT2D eigenvalue weighted by Crippen LogP contribution is 2.41. The first kappa shape index (κ1) is 17.8. The van der Waals surface area contributed by atoms with Crippen LogP contribution in [0.25, 0.3) is 0 Å². The van der Waals surface area contributed by atoms with Crippen molar-refractivity contribution in [3.8, 4) is 12.3 Å². The first-order valence-corrected chi connectivity index (χ1v) is 7.42. The molecule has 0 spiro atoms. The molecule has 0 amide bonds.